The lowest BCUT2D eigenvalue weighted by Crippen LogP contribution is -2.35. The summed E-state index contributed by atoms with van der Waals surface area (Å²) in [5.74, 6) is 0. The van der Waals surface area contributed by atoms with Crippen LogP contribution in [0, 0.1) is 0 Å². The minimum atomic E-state index is 0.514. The lowest BCUT2D eigenvalue weighted by Gasteiger charge is -2.25. The van der Waals surface area contributed by atoms with Gasteiger partial charge >= 0.3 is 0 Å². The zero-order valence-corrected chi connectivity index (χ0v) is 10.1. The molecule has 0 aromatic heterocycles. The van der Waals surface area contributed by atoms with Gasteiger partial charge in [0.25, 0.3) is 0 Å². The summed E-state index contributed by atoms with van der Waals surface area (Å²) < 4.78 is 0. The molecule has 1 aromatic carbocycles. The number of likely N-dealkylation sites (N-methyl/N-ethyl adjacent to an activating group) is 1. The van der Waals surface area contributed by atoms with Crippen LogP contribution in [0.3, 0.4) is 0 Å². The molecule has 1 unspecified atom stereocenters. The lowest BCUT2D eigenvalue weighted by molar-refractivity contribution is 0.334. The third-order valence-corrected chi connectivity index (χ3v) is 4.20. The molecule has 3 aliphatic rings. The Morgan fingerprint density at radius 3 is 3.06 bits per heavy atom. The first kappa shape index (κ1) is 9.34. The highest BCUT2D eigenvalue weighted by Gasteiger charge is 2.41. The fourth-order valence-electron chi connectivity index (χ4n) is 3.36. The summed E-state index contributed by atoms with van der Waals surface area (Å²) in [6.07, 6.45) is 8.64. The van der Waals surface area contributed by atoms with Gasteiger partial charge in [-0.3, -0.25) is 0 Å². The fraction of sp³-hybridized carbons (Fsp3) is 0.333. The summed E-state index contributed by atoms with van der Waals surface area (Å²) in [4.78, 5) is 4.99. The molecule has 2 aliphatic heterocycles. The Balaban J connectivity index is 1.88. The molecule has 2 heteroatoms. The summed E-state index contributed by atoms with van der Waals surface area (Å²) in [6, 6.07) is 8.80. The molecule has 0 bridgehead atoms. The van der Waals surface area contributed by atoms with Gasteiger partial charge in [-0.1, -0.05) is 24.3 Å². The molecule has 0 saturated carbocycles. The molecule has 2 heterocycles. The van der Waals surface area contributed by atoms with Crippen LogP contribution in [0.15, 0.2) is 47.8 Å². The largest absolute Gasteiger partial charge is 0.355 e. The molecular formula is C15H16N2. The summed E-state index contributed by atoms with van der Waals surface area (Å²) in [5.41, 5.74) is 5.83. The van der Waals surface area contributed by atoms with E-state index < -0.39 is 0 Å². The van der Waals surface area contributed by atoms with Crippen molar-refractivity contribution in [3.63, 3.8) is 0 Å². The Morgan fingerprint density at radius 1 is 1.24 bits per heavy atom. The molecule has 0 saturated heterocycles. The maximum atomic E-state index is 2.51. The highest BCUT2D eigenvalue weighted by atomic mass is 15.4. The highest BCUT2D eigenvalue weighted by Crippen LogP contribution is 2.44. The Hall–Kier alpha value is -1.70. The number of nitrogens with zero attached hydrogens (tertiary/aromatic N) is 2. The topological polar surface area (TPSA) is 6.48 Å². The molecule has 1 aliphatic carbocycles. The Bertz CT molecular complexity index is 542. The number of allylic oxidation sites excluding steroid dienone is 3. The zero-order chi connectivity index (χ0) is 11.4. The standard InChI is InChI=1S/C15H16N2/c1-16-13-8-4-5-9-14(13)17-12-7-3-2-6-11(12)10-15(16)17/h2-3,5-7,9,15H,4,8,10H2,1H3. The van der Waals surface area contributed by atoms with E-state index in [2.05, 4.69) is 53.3 Å². The molecular weight excluding hydrogens is 208 g/mol. The minimum absolute atomic E-state index is 0.514. The first-order valence-corrected chi connectivity index (χ1v) is 6.36. The van der Waals surface area contributed by atoms with Gasteiger partial charge < -0.3 is 9.80 Å². The van der Waals surface area contributed by atoms with E-state index in [4.69, 9.17) is 0 Å². The van der Waals surface area contributed by atoms with Gasteiger partial charge in [-0.15, -0.1) is 0 Å². The molecule has 86 valence electrons. The predicted molar refractivity (Wildman–Crippen MR) is 69.6 cm³/mol. The van der Waals surface area contributed by atoms with Gasteiger partial charge in [0, 0.05) is 24.9 Å². The van der Waals surface area contributed by atoms with Crippen molar-refractivity contribution in [2.75, 3.05) is 11.9 Å². The number of fused-ring (bicyclic) bond motifs is 4. The Kier molecular flexibility index (Phi) is 1.74. The van der Waals surface area contributed by atoms with Crippen LogP contribution >= 0.6 is 0 Å². The van der Waals surface area contributed by atoms with Gasteiger partial charge in [0.2, 0.25) is 0 Å². The van der Waals surface area contributed by atoms with E-state index in [1.807, 2.05) is 0 Å². The van der Waals surface area contributed by atoms with Gasteiger partial charge in [-0.05, 0) is 30.5 Å². The van der Waals surface area contributed by atoms with Crippen molar-refractivity contribution < 1.29 is 0 Å². The van der Waals surface area contributed by atoms with E-state index in [0.29, 0.717) is 6.17 Å². The second-order valence-electron chi connectivity index (χ2n) is 5.07. The second kappa shape index (κ2) is 3.16. The summed E-state index contributed by atoms with van der Waals surface area (Å²) in [6.45, 7) is 0. The van der Waals surface area contributed by atoms with E-state index in [0.717, 1.165) is 6.42 Å². The van der Waals surface area contributed by atoms with Gasteiger partial charge in [-0.25, -0.2) is 0 Å². The Morgan fingerprint density at radius 2 is 2.12 bits per heavy atom. The third kappa shape index (κ3) is 1.10. The average molecular weight is 224 g/mol. The van der Waals surface area contributed by atoms with Crippen molar-refractivity contribution in [1.29, 1.82) is 0 Å². The van der Waals surface area contributed by atoms with Crippen LogP contribution in [0.5, 0.6) is 0 Å². The molecule has 4 rings (SSSR count). The summed E-state index contributed by atoms with van der Waals surface area (Å²) in [5, 5.41) is 0. The molecule has 0 spiro atoms. The van der Waals surface area contributed by atoms with Crippen LogP contribution in [0.25, 0.3) is 0 Å². The van der Waals surface area contributed by atoms with Crippen LogP contribution in [0.4, 0.5) is 5.69 Å². The number of anilines is 1. The quantitative estimate of drug-likeness (QED) is 0.668. The fourth-order valence-corrected chi connectivity index (χ4v) is 3.36. The molecule has 1 atom stereocenters. The molecule has 0 N–H and O–H groups in total. The van der Waals surface area contributed by atoms with Crippen LogP contribution in [0.2, 0.25) is 0 Å². The lowest BCUT2D eigenvalue weighted by atomic mass is 10.1. The van der Waals surface area contributed by atoms with Crippen molar-refractivity contribution in [2.45, 2.75) is 25.4 Å². The minimum Gasteiger partial charge on any atom is -0.355 e. The van der Waals surface area contributed by atoms with Crippen molar-refractivity contribution in [1.82, 2.24) is 4.90 Å². The summed E-state index contributed by atoms with van der Waals surface area (Å²) in [7, 11) is 2.24. The number of hydrogen-bond acceptors (Lipinski definition) is 2. The maximum Gasteiger partial charge on any atom is 0.110 e. The van der Waals surface area contributed by atoms with Crippen LogP contribution in [-0.4, -0.2) is 18.1 Å². The highest BCUT2D eigenvalue weighted by molar-refractivity contribution is 5.68. The molecule has 1 aromatic rings. The van der Waals surface area contributed by atoms with Gasteiger partial charge in [0.15, 0.2) is 0 Å². The van der Waals surface area contributed by atoms with E-state index in [1.165, 1.54) is 35.5 Å². The van der Waals surface area contributed by atoms with Crippen molar-refractivity contribution in [3.8, 4) is 0 Å². The molecule has 17 heavy (non-hydrogen) atoms. The van der Waals surface area contributed by atoms with E-state index in [1.54, 1.807) is 0 Å². The van der Waals surface area contributed by atoms with Crippen LogP contribution in [0.1, 0.15) is 18.4 Å². The van der Waals surface area contributed by atoms with E-state index >= 15 is 0 Å². The molecule has 0 amide bonds. The molecule has 0 fully saturated rings. The maximum absolute atomic E-state index is 2.51. The monoisotopic (exact) mass is 224 g/mol. The van der Waals surface area contributed by atoms with Gasteiger partial charge in [0.1, 0.15) is 6.17 Å². The normalized spacial score (nSPS) is 25.1. The summed E-state index contributed by atoms with van der Waals surface area (Å²) >= 11 is 0. The number of para-hydroxylation sites is 1. The third-order valence-electron chi connectivity index (χ3n) is 4.20. The first-order chi connectivity index (χ1) is 8.36. The molecule has 0 radical (unpaired) electrons. The zero-order valence-electron chi connectivity index (χ0n) is 10.1. The SMILES string of the molecule is CN1C2=C(C=CCC2)N2c3ccccc3CC12. The first-order valence-electron chi connectivity index (χ1n) is 6.36. The number of hydrogen-bond donors (Lipinski definition) is 0. The second-order valence-corrected chi connectivity index (χ2v) is 5.07. The van der Waals surface area contributed by atoms with E-state index in [-0.39, 0.29) is 0 Å². The smallest absolute Gasteiger partial charge is 0.110 e. The van der Waals surface area contributed by atoms with Crippen LogP contribution < -0.4 is 4.90 Å². The van der Waals surface area contributed by atoms with Gasteiger partial charge in [0.05, 0.1) is 5.70 Å². The number of benzene rings is 1. The van der Waals surface area contributed by atoms with Crippen molar-refractivity contribution in [2.24, 2.45) is 0 Å². The van der Waals surface area contributed by atoms with Crippen molar-refractivity contribution >= 4 is 5.69 Å². The van der Waals surface area contributed by atoms with Crippen LogP contribution in [-0.2, 0) is 6.42 Å². The Labute approximate surface area is 102 Å². The number of rotatable bonds is 0. The molecule has 2 nitrogen and oxygen atoms in total. The van der Waals surface area contributed by atoms with Crippen molar-refractivity contribution in [3.05, 3.63) is 53.4 Å². The predicted octanol–water partition coefficient (Wildman–Crippen LogP) is 2.88. The van der Waals surface area contributed by atoms with E-state index in [9.17, 15) is 0 Å². The van der Waals surface area contributed by atoms with Gasteiger partial charge in [-0.2, -0.15) is 0 Å². The average Bonchev–Trinajstić information content (AvgIpc) is 2.88.